The standard InChI is InChI=1S/C16H18N2OS/c1-10-2-4-13(17-7-10)11-3-5-15-14(6-11)18-16(20-15)12-8-19-9-12/h3,5-6,10,12H,2,4,7-9H2,1H3. The maximum atomic E-state index is 5.26. The molecule has 0 bridgehead atoms. The summed E-state index contributed by atoms with van der Waals surface area (Å²) in [5, 5.41) is 1.22. The molecular formula is C16H18N2OS. The fourth-order valence-electron chi connectivity index (χ4n) is 2.73. The van der Waals surface area contributed by atoms with Gasteiger partial charge in [-0.15, -0.1) is 11.3 Å². The van der Waals surface area contributed by atoms with E-state index in [2.05, 4.69) is 25.1 Å². The first-order valence-corrected chi connectivity index (χ1v) is 8.13. The molecule has 0 N–H and O–H groups in total. The van der Waals surface area contributed by atoms with Crippen LogP contribution in [-0.4, -0.2) is 30.5 Å². The smallest absolute Gasteiger partial charge is 0.102 e. The summed E-state index contributed by atoms with van der Waals surface area (Å²) < 4.78 is 6.54. The average Bonchev–Trinajstić information content (AvgIpc) is 2.79. The van der Waals surface area contributed by atoms with Crippen LogP contribution in [0.1, 0.15) is 36.3 Å². The summed E-state index contributed by atoms with van der Waals surface area (Å²) in [6, 6.07) is 6.62. The fraction of sp³-hybridized carbons (Fsp3) is 0.500. The minimum Gasteiger partial charge on any atom is -0.380 e. The number of hydrogen-bond donors (Lipinski definition) is 0. The summed E-state index contributed by atoms with van der Waals surface area (Å²) in [5.41, 5.74) is 3.63. The predicted molar refractivity (Wildman–Crippen MR) is 83.0 cm³/mol. The van der Waals surface area contributed by atoms with E-state index in [1.165, 1.54) is 27.4 Å². The molecule has 0 aliphatic carbocycles. The van der Waals surface area contributed by atoms with Gasteiger partial charge in [-0.25, -0.2) is 4.98 Å². The molecular weight excluding hydrogens is 268 g/mol. The summed E-state index contributed by atoms with van der Waals surface area (Å²) in [5.74, 6) is 1.25. The fourth-order valence-corrected chi connectivity index (χ4v) is 3.75. The van der Waals surface area contributed by atoms with Crippen molar-refractivity contribution in [2.45, 2.75) is 25.7 Å². The lowest BCUT2D eigenvalue weighted by Crippen LogP contribution is -2.24. The van der Waals surface area contributed by atoms with Crippen LogP contribution in [-0.2, 0) is 4.74 Å². The molecule has 20 heavy (non-hydrogen) atoms. The van der Waals surface area contributed by atoms with Gasteiger partial charge in [0.15, 0.2) is 0 Å². The van der Waals surface area contributed by atoms with E-state index in [0.717, 1.165) is 37.6 Å². The highest BCUT2D eigenvalue weighted by Gasteiger charge is 2.24. The van der Waals surface area contributed by atoms with E-state index in [4.69, 9.17) is 14.7 Å². The lowest BCUT2D eigenvalue weighted by Gasteiger charge is -2.23. The molecule has 1 saturated heterocycles. The van der Waals surface area contributed by atoms with E-state index in [1.807, 2.05) is 0 Å². The molecule has 104 valence electrons. The van der Waals surface area contributed by atoms with Gasteiger partial charge in [0.2, 0.25) is 0 Å². The molecule has 0 radical (unpaired) electrons. The Bertz CT molecular complexity index is 672. The van der Waals surface area contributed by atoms with Gasteiger partial charge in [-0.1, -0.05) is 13.0 Å². The molecule has 0 spiro atoms. The van der Waals surface area contributed by atoms with E-state index in [-0.39, 0.29) is 0 Å². The Labute approximate surface area is 122 Å². The molecule has 2 aliphatic rings. The summed E-state index contributed by atoms with van der Waals surface area (Å²) in [4.78, 5) is 9.52. The molecule has 2 aromatic rings. The molecule has 0 amide bonds. The Hall–Kier alpha value is -1.26. The highest BCUT2D eigenvalue weighted by molar-refractivity contribution is 7.18. The number of aromatic nitrogens is 1. The number of thiazole rings is 1. The lowest BCUT2D eigenvalue weighted by molar-refractivity contribution is 0.00842. The van der Waals surface area contributed by atoms with Crippen LogP contribution in [0.5, 0.6) is 0 Å². The van der Waals surface area contributed by atoms with Crippen molar-refractivity contribution in [3.05, 3.63) is 28.8 Å². The minimum atomic E-state index is 0.517. The largest absolute Gasteiger partial charge is 0.380 e. The maximum Gasteiger partial charge on any atom is 0.102 e. The first-order valence-electron chi connectivity index (χ1n) is 7.31. The van der Waals surface area contributed by atoms with Crippen LogP contribution < -0.4 is 0 Å². The zero-order valence-corrected chi connectivity index (χ0v) is 12.4. The molecule has 1 fully saturated rings. The van der Waals surface area contributed by atoms with Crippen LogP contribution in [0.3, 0.4) is 0 Å². The van der Waals surface area contributed by atoms with Gasteiger partial charge in [-0.3, -0.25) is 4.99 Å². The van der Waals surface area contributed by atoms with Gasteiger partial charge in [-0.2, -0.15) is 0 Å². The quantitative estimate of drug-likeness (QED) is 0.845. The number of aliphatic imine (C=N–C) groups is 1. The second-order valence-electron chi connectivity index (χ2n) is 5.90. The Balaban J connectivity index is 1.67. The number of hydrogen-bond acceptors (Lipinski definition) is 4. The van der Waals surface area contributed by atoms with Crippen LogP contribution >= 0.6 is 11.3 Å². The van der Waals surface area contributed by atoms with Crippen molar-refractivity contribution >= 4 is 27.3 Å². The lowest BCUT2D eigenvalue weighted by atomic mass is 9.96. The van der Waals surface area contributed by atoms with Crippen LogP contribution in [0.2, 0.25) is 0 Å². The zero-order valence-electron chi connectivity index (χ0n) is 11.6. The zero-order chi connectivity index (χ0) is 13.5. The summed E-state index contributed by atoms with van der Waals surface area (Å²) in [7, 11) is 0. The van der Waals surface area contributed by atoms with E-state index >= 15 is 0 Å². The maximum absolute atomic E-state index is 5.26. The molecule has 0 saturated carbocycles. The second kappa shape index (κ2) is 4.93. The Kier molecular flexibility index (Phi) is 3.08. The summed E-state index contributed by atoms with van der Waals surface area (Å²) in [6.07, 6.45) is 2.35. The van der Waals surface area contributed by atoms with Crippen LogP contribution in [0.25, 0.3) is 10.2 Å². The molecule has 4 rings (SSSR count). The normalized spacial score (nSPS) is 23.6. The molecule has 1 unspecified atom stereocenters. The van der Waals surface area contributed by atoms with Crippen LogP contribution in [0, 0.1) is 5.92 Å². The van der Waals surface area contributed by atoms with Crippen LogP contribution in [0.15, 0.2) is 23.2 Å². The third-order valence-electron chi connectivity index (χ3n) is 4.19. The molecule has 1 aromatic heterocycles. The second-order valence-corrected chi connectivity index (χ2v) is 6.96. The third-order valence-corrected chi connectivity index (χ3v) is 5.39. The third kappa shape index (κ3) is 2.17. The molecule has 3 heterocycles. The van der Waals surface area contributed by atoms with Crippen molar-refractivity contribution in [2.75, 3.05) is 19.8 Å². The Morgan fingerprint density at radius 1 is 1.30 bits per heavy atom. The average molecular weight is 286 g/mol. The molecule has 2 aliphatic heterocycles. The Morgan fingerprint density at radius 2 is 2.20 bits per heavy atom. The van der Waals surface area contributed by atoms with Gasteiger partial charge in [0.05, 0.1) is 29.3 Å². The molecule has 3 nitrogen and oxygen atoms in total. The number of fused-ring (bicyclic) bond motifs is 1. The highest BCUT2D eigenvalue weighted by Crippen LogP contribution is 2.32. The van der Waals surface area contributed by atoms with Crippen molar-refractivity contribution in [1.82, 2.24) is 4.98 Å². The minimum absolute atomic E-state index is 0.517. The van der Waals surface area contributed by atoms with Crippen molar-refractivity contribution in [2.24, 2.45) is 10.9 Å². The van der Waals surface area contributed by atoms with Gasteiger partial charge in [0.1, 0.15) is 5.01 Å². The van der Waals surface area contributed by atoms with E-state index in [1.54, 1.807) is 11.3 Å². The van der Waals surface area contributed by atoms with E-state index in [0.29, 0.717) is 5.92 Å². The molecule has 1 atom stereocenters. The van der Waals surface area contributed by atoms with Gasteiger partial charge < -0.3 is 4.74 Å². The van der Waals surface area contributed by atoms with Gasteiger partial charge in [0.25, 0.3) is 0 Å². The SMILES string of the molecule is CC1CCC(c2ccc3sc(C4COC4)nc3c2)=NC1. The number of ether oxygens (including phenoxy) is 1. The van der Waals surface area contributed by atoms with Gasteiger partial charge in [0, 0.05) is 12.3 Å². The number of nitrogens with zero attached hydrogens (tertiary/aromatic N) is 2. The van der Waals surface area contributed by atoms with Crippen molar-refractivity contribution < 1.29 is 4.74 Å². The number of benzene rings is 1. The number of rotatable bonds is 2. The highest BCUT2D eigenvalue weighted by atomic mass is 32.1. The Morgan fingerprint density at radius 3 is 2.90 bits per heavy atom. The first kappa shape index (κ1) is 12.5. The first-order chi connectivity index (χ1) is 9.79. The summed E-state index contributed by atoms with van der Waals surface area (Å²) in [6.45, 7) is 4.90. The van der Waals surface area contributed by atoms with E-state index in [9.17, 15) is 0 Å². The monoisotopic (exact) mass is 286 g/mol. The van der Waals surface area contributed by atoms with Crippen molar-refractivity contribution in [3.63, 3.8) is 0 Å². The van der Waals surface area contributed by atoms with Gasteiger partial charge >= 0.3 is 0 Å². The van der Waals surface area contributed by atoms with Crippen molar-refractivity contribution in [1.29, 1.82) is 0 Å². The van der Waals surface area contributed by atoms with Crippen molar-refractivity contribution in [3.8, 4) is 0 Å². The molecule has 4 heteroatoms. The molecule has 1 aromatic carbocycles. The predicted octanol–water partition coefficient (Wildman–Crippen LogP) is 3.63. The van der Waals surface area contributed by atoms with Gasteiger partial charge in [-0.05, 0) is 36.5 Å². The van der Waals surface area contributed by atoms with Crippen LogP contribution in [0.4, 0.5) is 0 Å². The van der Waals surface area contributed by atoms with E-state index < -0.39 is 0 Å². The topological polar surface area (TPSA) is 34.5 Å². The summed E-state index contributed by atoms with van der Waals surface area (Å²) >= 11 is 1.81.